The van der Waals surface area contributed by atoms with Crippen molar-refractivity contribution in [2.45, 2.75) is 71.7 Å². The van der Waals surface area contributed by atoms with E-state index in [0.717, 1.165) is 47.7 Å². The van der Waals surface area contributed by atoms with Gasteiger partial charge >= 0.3 is 5.97 Å². The second kappa shape index (κ2) is 8.49. The highest BCUT2D eigenvalue weighted by atomic mass is 79.9. The molecule has 0 bridgehead atoms. The SMILES string of the molecule is CO[C@@H](c1cc(COC2C=C3C(=CC2)CCCC32C[C@H]2C(=O)O)ccc1Br)C(C)(C)C. The molecule has 4 rings (SSSR count). The molecule has 2 saturated carbocycles. The zero-order chi connectivity index (χ0) is 22.4. The predicted octanol–water partition coefficient (Wildman–Crippen LogP) is 6.60. The average molecular weight is 489 g/mol. The van der Waals surface area contributed by atoms with E-state index < -0.39 is 5.97 Å². The van der Waals surface area contributed by atoms with Crippen molar-refractivity contribution in [3.63, 3.8) is 0 Å². The zero-order valence-electron chi connectivity index (χ0n) is 18.9. The molecule has 0 aliphatic heterocycles. The third kappa shape index (κ3) is 4.42. The smallest absolute Gasteiger partial charge is 0.307 e. The van der Waals surface area contributed by atoms with Gasteiger partial charge in [0.25, 0.3) is 0 Å². The molecule has 4 atom stereocenters. The van der Waals surface area contributed by atoms with Crippen LogP contribution in [0.15, 0.2) is 46.0 Å². The molecule has 0 saturated heterocycles. The van der Waals surface area contributed by atoms with Gasteiger partial charge in [-0.2, -0.15) is 0 Å². The first-order valence-corrected chi connectivity index (χ1v) is 12.0. The lowest BCUT2D eigenvalue weighted by Crippen LogP contribution is -2.24. The molecule has 5 heteroatoms. The summed E-state index contributed by atoms with van der Waals surface area (Å²) in [6.07, 6.45) is 9.27. The van der Waals surface area contributed by atoms with Crippen molar-refractivity contribution in [1.29, 1.82) is 0 Å². The van der Waals surface area contributed by atoms with E-state index in [0.29, 0.717) is 6.61 Å². The summed E-state index contributed by atoms with van der Waals surface area (Å²) in [6, 6.07) is 6.33. The molecule has 0 amide bonds. The van der Waals surface area contributed by atoms with E-state index in [4.69, 9.17) is 9.47 Å². The number of carboxylic acid groups (broad SMARTS) is 1. The van der Waals surface area contributed by atoms with E-state index in [1.165, 1.54) is 11.1 Å². The van der Waals surface area contributed by atoms with Gasteiger partial charge in [0.1, 0.15) is 0 Å². The van der Waals surface area contributed by atoms with E-state index in [1.807, 2.05) is 0 Å². The minimum Gasteiger partial charge on any atom is -0.481 e. The summed E-state index contributed by atoms with van der Waals surface area (Å²) in [7, 11) is 1.76. The van der Waals surface area contributed by atoms with Gasteiger partial charge in [-0.1, -0.05) is 54.9 Å². The number of carboxylic acids is 1. The van der Waals surface area contributed by atoms with Crippen LogP contribution in [0, 0.1) is 16.7 Å². The van der Waals surface area contributed by atoms with Gasteiger partial charge in [0.2, 0.25) is 0 Å². The quantitative estimate of drug-likeness (QED) is 0.489. The lowest BCUT2D eigenvalue weighted by atomic mass is 9.73. The van der Waals surface area contributed by atoms with Gasteiger partial charge in [-0.05, 0) is 71.9 Å². The molecule has 0 radical (unpaired) electrons. The monoisotopic (exact) mass is 488 g/mol. The van der Waals surface area contributed by atoms with E-state index in [1.54, 1.807) is 7.11 Å². The van der Waals surface area contributed by atoms with Crippen molar-refractivity contribution in [3.8, 4) is 0 Å². The van der Waals surface area contributed by atoms with Crippen molar-refractivity contribution >= 4 is 21.9 Å². The van der Waals surface area contributed by atoms with Gasteiger partial charge in [0.05, 0.1) is 24.7 Å². The van der Waals surface area contributed by atoms with Crippen molar-refractivity contribution < 1.29 is 19.4 Å². The highest BCUT2D eigenvalue weighted by Gasteiger charge is 2.61. The van der Waals surface area contributed by atoms with Crippen LogP contribution in [0.4, 0.5) is 0 Å². The number of methoxy groups -OCH3 is 1. The fourth-order valence-electron chi connectivity index (χ4n) is 5.53. The number of hydrogen-bond donors (Lipinski definition) is 1. The lowest BCUT2D eigenvalue weighted by Gasteiger charge is -2.33. The second-order valence-electron chi connectivity index (χ2n) is 10.3. The number of allylic oxidation sites excluding steroid dienone is 2. The maximum Gasteiger partial charge on any atom is 0.307 e. The van der Waals surface area contributed by atoms with Gasteiger partial charge in [-0.25, -0.2) is 0 Å². The minimum absolute atomic E-state index is 0.00305. The van der Waals surface area contributed by atoms with Crippen LogP contribution in [-0.4, -0.2) is 24.3 Å². The number of ether oxygens (including phenoxy) is 2. The Hall–Kier alpha value is -1.43. The maximum atomic E-state index is 11.6. The predicted molar refractivity (Wildman–Crippen MR) is 125 cm³/mol. The topological polar surface area (TPSA) is 55.8 Å². The van der Waals surface area contributed by atoms with Gasteiger partial charge in [-0.3, -0.25) is 4.79 Å². The third-order valence-corrected chi connectivity index (χ3v) is 7.83. The molecule has 1 N–H and O–H groups in total. The highest BCUT2D eigenvalue weighted by molar-refractivity contribution is 9.10. The summed E-state index contributed by atoms with van der Waals surface area (Å²) in [4.78, 5) is 11.6. The van der Waals surface area contributed by atoms with Crippen molar-refractivity contribution in [2.24, 2.45) is 16.7 Å². The molecule has 4 nitrogen and oxygen atoms in total. The van der Waals surface area contributed by atoms with Gasteiger partial charge in [0, 0.05) is 17.0 Å². The number of rotatable bonds is 6. The van der Waals surface area contributed by atoms with Crippen LogP contribution in [0.3, 0.4) is 0 Å². The molecule has 1 spiro atoms. The Bertz CT molecular complexity index is 926. The fourth-order valence-corrected chi connectivity index (χ4v) is 5.99. The molecular weight excluding hydrogens is 456 g/mol. The molecule has 3 aliphatic rings. The first-order chi connectivity index (χ1) is 14.7. The third-order valence-electron chi connectivity index (χ3n) is 7.10. The fraction of sp³-hybridized carbons (Fsp3) is 0.577. The van der Waals surface area contributed by atoms with Crippen LogP contribution in [-0.2, 0) is 20.9 Å². The first-order valence-electron chi connectivity index (χ1n) is 11.2. The molecule has 168 valence electrons. The lowest BCUT2D eigenvalue weighted by molar-refractivity contribution is -0.139. The van der Waals surface area contributed by atoms with Gasteiger partial charge in [0.15, 0.2) is 0 Å². The Kier molecular flexibility index (Phi) is 6.23. The van der Waals surface area contributed by atoms with Crippen LogP contribution in [0.1, 0.15) is 70.1 Å². The van der Waals surface area contributed by atoms with E-state index in [-0.39, 0.29) is 29.0 Å². The van der Waals surface area contributed by atoms with Crippen LogP contribution in [0.2, 0.25) is 0 Å². The molecular formula is C26H33BrO4. The molecule has 1 aromatic carbocycles. The summed E-state index contributed by atoms with van der Waals surface area (Å²) in [6.45, 7) is 7.05. The van der Waals surface area contributed by atoms with Crippen LogP contribution >= 0.6 is 15.9 Å². The van der Waals surface area contributed by atoms with Gasteiger partial charge < -0.3 is 14.6 Å². The minimum atomic E-state index is -0.654. The first kappa shape index (κ1) is 22.8. The molecule has 31 heavy (non-hydrogen) atoms. The Morgan fingerprint density at radius 2 is 2.13 bits per heavy atom. The Balaban J connectivity index is 1.49. The molecule has 0 heterocycles. The average Bonchev–Trinajstić information content (AvgIpc) is 3.43. The van der Waals surface area contributed by atoms with E-state index >= 15 is 0 Å². The molecule has 2 unspecified atom stereocenters. The summed E-state index contributed by atoms with van der Waals surface area (Å²) >= 11 is 3.68. The molecule has 0 aromatic heterocycles. The molecule has 2 fully saturated rings. The summed E-state index contributed by atoms with van der Waals surface area (Å²) in [5.74, 6) is -0.877. The van der Waals surface area contributed by atoms with Crippen LogP contribution < -0.4 is 0 Å². The second-order valence-corrected chi connectivity index (χ2v) is 11.2. The summed E-state index contributed by atoms with van der Waals surface area (Å²) in [5.41, 5.74) is 4.70. The number of carbonyl (C=O) groups is 1. The van der Waals surface area contributed by atoms with Crippen LogP contribution in [0.5, 0.6) is 0 Å². The summed E-state index contributed by atoms with van der Waals surface area (Å²) in [5, 5.41) is 9.56. The Morgan fingerprint density at radius 3 is 2.77 bits per heavy atom. The highest BCUT2D eigenvalue weighted by Crippen LogP contribution is 2.65. The van der Waals surface area contributed by atoms with Gasteiger partial charge in [-0.15, -0.1) is 0 Å². The maximum absolute atomic E-state index is 11.6. The number of aliphatic carboxylic acids is 1. The van der Waals surface area contributed by atoms with Crippen LogP contribution in [0.25, 0.3) is 0 Å². The summed E-state index contributed by atoms with van der Waals surface area (Å²) < 4.78 is 13.2. The van der Waals surface area contributed by atoms with Crippen molar-refractivity contribution in [3.05, 3.63) is 57.1 Å². The van der Waals surface area contributed by atoms with E-state index in [9.17, 15) is 9.90 Å². The normalized spacial score (nSPS) is 28.5. The van der Waals surface area contributed by atoms with E-state index in [2.05, 4.69) is 67.1 Å². The molecule has 3 aliphatic carbocycles. The largest absolute Gasteiger partial charge is 0.481 e. The Labute approximate surface area is 193 Å². The Morgan fingerprint density at radius 1 is 1.35 bits per heavy atom. The number of hydrogen-bond acceptors (Lipinski definition) is 3. The number of halogens is 1. The zero-order valence-corrected chi connectivity index (χ0v) is 20.5. The number of fused-ring (bicyclic) bond motifs is 2. The standard InChI is InChI=1S/C26H33BrO4/c1-25(2,3)23(30-4)19-12-16(7-10-22(19)27)15-31-18-9-8-17-6-5-11-26(20(17)13-18)14-21(26)24(28)29/h7-8,10,12-13,18,21,23H,5-6,9,11,14-15H2,1-4H3,(H,28,29)/t18?,21-,23-,26?/m0/s1. The van der Waals surface area contributed by atoms with Crippen molar-refractivity contribution in [1.82, 2.24) is 0 Å². The van der Waals surface area contributed by atoms with Crippen molar-refractivity contribution in [2.75, 3.05) is 7.11 Å². The number of benzene rings is 1. The molecule has 1 aromatic rings.